The molecule has 0 spiro atoms. The molecule has 0 aliphatic carbocycles. The van der Waals surface area contributed by atoms with Crippen molar-refractivity contribution in [1.29, 1.82) is 0 Å². The third-order valence-corrected chi connectivity index (χ3v) is 3.27. The lowest BCUT2D eigenvalue weighted by atomic mass is 9.89. The number of rotatable bonds is 2. The van der Waals surface area contributed by atoms with Gasteiger partial charge in [-0.25, -0.2) is 13.2 Å². The lowest BCUT2D eigenvalue weighted by molar-refractivity contribution is -0.0601. The van der Waals surface area contributed by atoms with Gasteiger partial charge < -0.3 is 5.32 Å². The van der Waals surface area contributed by atoms with Gasteiger partial charge in [0, 0.05) is 18.9 Å². The summed E-state index contributed by atoms with van der Waals surface area (Å²) in [4.78, 5) is 0. The van der Waals surface area contributed by atoms with Crippen molar-refractivity contribution in [1.82, 2.24) is 5.32 Å². The van der Waals surface area contributed by atoms with Crippen LogP contribution in [0.25, 0.3) is 0 Å². The van der Waals surface area contributed by atoms with Crippen molar-refractivity contribution in [2.45, 2.75) is 25.2 Å². The summed E-state index contributed by atoms with van der Waals surface area (Å²) in [5, 5.41) is 2.98. The second-order valence-corrected chi connectivity index (χ2v) is 4.58. The molecule has 2 rings (SSSR count). The minimum Gasteiger partial charge on any atom is -0.316 e. The molecule has 1 heterocycles. The van der Waals surface area contributed by atoms with E-state index in [1.807, 2.05) is 0 Å². The Labute approximate surface area is 99.0 Å². The molecule has 1 aliphatic heterocycles. The van der Waals surface area contributed by atoms with Crippen LogP contribution in [0.1, 0.15) is 18.4 Å². The molecule has 1 saturated heterocycles. The van der Waals surface area contributed by atoms with Crippen LogP contribution < -0.4 is 5.32 Å². The van der Waals surface area contributed by atoms with Crippen LogP contribution in [-0.2, 0) is 6.42 Å². The van der Waals surface area contributed by atoms with Gasteiger partial charge in [-0.2, -0.15) is 0 Å². The molecule has 17 heavy (non-hydrogen) atoms. The van der Waals surface area contributed by atoms with Crippen LogP contribution in [0.4, 0.5) is 13.2 Å². The van der Waals surface area contributed by atoms with Crippen LogP contribution in [-0.4, -0.2) is 19.0 Å². The summed E-state index contributed by atoms with van der Waals surface area (Å²) < 4.78 is 40.6. The van der Waals surface area contributed by atoms with Crippen molar-refractivity contribution >= 4 is 0 Å². The summed E-state index contributed by atoms with van der Waals surface area (Å²) in [7, 11) is 0. The monoisotopic (exact) mass is 243 g/mol. The number of benzene rings is 1. The highest BCUT2D eigenvalue weighted by Crippen LogP contribution is 2.34. The fourth-order valence-corrected chi connectivity index (χ4v) is 2.27. The zero-order chi connectivity index (χ0) is 12.3. The van der Waals surface area contributed by atoms with Crippen LogP contribution in [0.5, 0.6) is 0 Å². The van der Waals surface area contributed by atoms with Crippen molar-refractivity contribution in [3.63, 3.8) is 0 Å². The Morgan fingerprint density at radius 1 is 1.29 bits per heavy atom. The summed E-state index contributed by atoms with van der Waals surface area (Å²) >= 11 is 0. The van der Waals surface area contributed by atoms with E-state index in [4.69, 9.17) is 0 Å². The maximum absolute atomic E-state index is 13.8. The fraction of sp³-hybridized carbons (Fsp3) is 0.538. The van der Waals surface area contributed by atoms with Crippen molar-refractivity contribution in [3.05, 3.63) is 35.6 Å². The van der Waals surface area contributed by atoms with E-state index >= 15 is 0 Å². The maximum atomic E-state index is 13.8. The van der Waals surface area contributed by atoms with E-state index in [2.05, 4.69) is 5.32 Å². The third kappa shape index (κ3) is 3.22. The highest BCUT2D eigenvalue weighted by Gasteiger charge is 2.39. The van der Waals surface area contributed by atoms with Crippen LogP contribution in [0, 0.1) is 11.7 Å². The van der Waals surface area contributed by atoms with Gasteiger partial charge in [-0.1, -0.05) is 12.1 Å². The highest BCUT2D eigenvalue weighted by atomic mass is 19.3. The molecular weight excluding hydrogens is 227 g/mol. The first-order valence-electron chi connectivity index (χ1n) is 5.91. The maximum Gasteiger partial charge on any atom is 0.252 e. The molecule has 1 aromatic carbocycles. The minimum atomic E-state index is -2.66. The topological polar surface area (TPSA) is 12.0 Å². The first kappa shape index (κ1) is 12.4. The van der Waals surface area contributed by atoms with Crippen LogP contribution in [0.2, 0.25) is 0 Å². The van der Waals surface area contributed by atoms with E-state index < -0.39 is 11.8 Å². The van der Waals surface area contributed by atoms with Gasteiger partial charge in [-0.3, -0.25) is 0 Å². The summed E-state index contributed by atoms with van der Waals surface area (Å²) in [5.74, 6) is -3.72. The summed E-state index contributed by atoms with van der Waals surface area (Å²) in [6, 6.07) is 5.94. The molecule has 0 saturated carbocycles. The Balaban J connectivity index is 2.10. The van der Waals surface area contributed by atoms with E-state index in [-0.39, 0.29) is 18.7 Å². The van der Waals surface area contributed by atoms with Gasteiger partial charge in [0.25, 0.3) is 5.92 Å². The third-order valence-electron chi connectivity index (χ3n) is 3.27. The molecule has 0 radical (unpaired) electrons. The summed E-state index contributed by atoms with van der Waals surface area (Å²) in [5.41, 5.74) is 0.650. The van der Waals surface area contributed by atoms with Crippen LogP contribution in [0.15, 0.2) is 24.3 Å². The predicted molar refractivity (Wildman–Crippen MR) is 60.6 cm³/mol. The Morgan fingerprint density at radius 2 is 2.12 bits per heavy atom. The number of hydrogen-bond acceptors (Lipinski definition) is 1. The number of nitrogens with one attached hydrogen (secondary N) is 1. The van der Waals surface area contributed by atoms with Gasteiger partial charge in [0.1, 0.15) is 5.82 Å². The average molecular weight is 243 g/mol. The van der Waals surface area contributed by atoms with Gasteiger partial charge in [0.2, 0.25) is 0 Å². The molecule has 94 valence electrons. The SMILES string of the molecule is Fc1cccc(CC2CCNCCC2(F)F)c1. The Hall–Kier alpha value is -1.03. The molecule has 1 N–H and O–H groups in total. The molecule has 0 amide bonds. The van der Waals surface area contributed by atoms with Crippen molar-refractivity contribution in [3.8, 4) is 0 Å². The van der Waals surface area contributed by atoms with Gasteiger partial charge >= 0.3 is 0 Å². The van der Waals surface area contributed by atoms with E-state index in [9.17, 15) is 13.2 Å². The number of alkyl halides is 2. The Kier molecular flexibility index (Phi) is 3.72. The second kappa shape index (κ2) is 5.08. The lowest BCUT2D eigenvalue weighted by Gasteiger charge is -2.24. The van der Waals surface area contributed by atoms with E-state index in [0.29, 0.717) is 25.1 Å². The molecule has 1 nitrogen and oxygen atoms in total. The first-order chi connectivity index (χ1) is 8.08. The average Bonchev–Trinajstić information content (AvgIpc) is 2.41. The fourth-order valence-electron chi connectivity index (χ4n) is 2.27. The molecule has 1 atom stereocenters. The van der Waals surface area contributed by atoms with E-state index in [0.717, 1.165) is 0 Å². The number of hydrogen-bond donors (Lipinski definition) is 1. The molecular formula is C13H16F3N. The minimum absolute atomic E-state index is 0.132. The number of halogens is 3. The van der Waals surface area contributed by atoms with Gasteiger partial charge in [0.05, 0.1) is 0 Å². The molecule has 0 bridgehead atoms. The van der Waals surface area contributed by atoms with E-state index in [1.165, 1.54) is 12.1 Å². The van der Waals surface area contributed by atoms with Crippen molar-refractivity contribution in [2.24, 2.45) is 5.92 Å². The first-order valence-corrected chi connectivity index (χ1v) is 5.91. The molecule has 4 heteroatoms. The normalized spacial score (nSPS) is 24.3. The summed E-state index contributed by atoms with van der Waals surface area (Å²) in [6.45, 7) is 0.961. The molecule has 1 aromatic rings. The largest absolute Gasteiger partial charge is 0.316 e. The van der Waals surface area contributed by atoms with Gasteiger partial charge in [-0.15, -0.1) is 0 Å². The summed E-state index contributed by atoms with van der Waals surface area (Å²) in [6.07, 6.45) is 0.545. The quantitative estimate of drug-likeness (QED) is 0.842. The highest BCUT2D eigenvalue weighted by molar-refractivity contribution is 5.17. The Morgan fingerprint density at radius 3 is 2.88 bits per heavy atom. The zero-order valence-corrected chi connectivity index (χ0v) is 9.56. The smallest absolute Gasteiger partial charge is 0.252 e. The second-order valence-electron chi connectivity index (χ2n) is 4.58. The molecule has 1 aliphatic rings. The van der Waals surface area contributed by atoms with Gasteiger partial charge in [-0.05, 0) is 37.1 Å². The lowest BCUT2D eigenvalue weighted by Crippen LogP contribution is -2.29. The molecule has 0 aromatic heterocycles. The van der Waals surface area contributed by atoms with E-state index in [1.54, 1.807) is 12.1 Å². The predicted octanol–water partition coefficient (Wildman–Crippen LogP) is 3.00. The molecule has 1 fully saturated rings. The van der Waals surface area contributed by atoms with Crippen molar-refractivity contribution < 1.29 is 13.2 Å². The molecule has 1 unspecified atom stereocenters. The Bertz CT molecular complexity index is 379. The van der Waals surface area contributed by atoms with Crippen LogP contribution in [0.3, 0.4) is 0 Å². The van der Waals surface area contributed by atoms with Crippen LogP contribution >= 0.6 is 0 Å². The van der Waals surface area contributed by atoms with Crippen molar-refractivity contribution in [2.75, 3.05) is 13.1 Å². The standard InChI is InChI=1S/C13H16F3N/c14-12-3-1-2-10(9-12)8-11-4-6-17-7-5-13(11,15)16/h1-3,9,11,17H,4-8H2. The zero-order valence-electron chi connectivity index (χ0n) is 9.56. The van der Waals surface area contributed by atoms with Gasteiger partial charge in [0.15, 0.2) is 0 Å².